The molecule has 52 heavy (non-hydrogen) atoms. The molecule has 1 heterocycles. The number of azide groups is 1. The number of amides is 1. The Kier molecular flexibility index (Phi) is 12.7. The van der Waals surface area contributed by atoms with E-state index in [-0.39, 0.29) is 36.9 Å². The van der Waals surface area contributed by atoms with E-state index in [1.807, 2.05) is 6.07 Å². The predicted molar refractivity (Wildman–Crippen MR) is 195 cm³/mol. The molecule has 0 aliphatic carbocycles. The quantitative estimate of drug-likeness (QED) is 0.0562. The summed E-state index contributed by atoms with van der Waals surface area (Å²) in [4.78, 5) is 22.7. The lowest BCUT2D eigenvalue weighted by atomic mass is 9.83. The van der Waals surface area contributed by atoms with E-state index in [9.17, 15) is 13.2 Å². The maximum atomic E-state index is 14.7. The van der Waals surface area contributed by atoms with Gasteiger partial charge in [0.05, 0.1) is 38.0 Å². The largest absolute Gasteiger partial charge is 0.497 e. The number of methoxy groups -OCH3 is 2. The second kappa shape index (κ2) is 17.6. The minimum absolute atomic E-state index is 0.00248. The maximum absolute atomic E-state index is 14.7. The first-order chi connectivity index (χ1) is 25.2. The van der Waals surface area contributed by atoms with Crippen molar-refractivity contribution in [3.8, 4) is 17.2 Å². The zero-order valence-electron chi connectivity index (χ0n) is 29.0. The van der Waals surface area contributed by atoms with Crippen LogP contribution in [0.15, 0.2) is 112 Å². The Morgan fingerprint density at radius 2 is 1.71 bits per heavy atom. The monoisotopic (exact) mass is 727 g/mol. The maximum Gasteiger partial charge on any atom is 0.252 e. The van der Waals surface area contributed by atoms with Gasteiger partial charge in [0.25, 0.3) is 5.91 Å². The SMILES string of the molecule is COc1ccc(OC)c(CCNC(=O)[C@]2(CCS(=O)(=O)c3ccccc3)N=C(c3ccc(OCCCO)cc3)O[C@@H]2c2ccccc2CN=[N+]=[N-])c1. The molecule has 0 unspecified atom stereocenters. The normalized spacial score (nSPS) is 16.6. The minimum atomic E-state index is -3.86. The van der Waals surface area contributed by atoms with Crippen molar-refractivity contribution >= 4 is 21.6 Å². The average molecular weight is 728 g/mol. The van der Waals surface area contributed by atoms with Crippen molar-refractivity contribution in [3.05, 3.63) is 130 Å². The van der Waals surface area contributed by atoms with E-state index in [1.165, 1.54) is 12.1 Å². The van der Waals surface area contributed by atoms with Crippen LogP contribution < -0.4 is 19.5 Å². The van der Waals surface area contributed by atoms with E-state index in [4.69, 9.17) is 34.6 Å². The topological polar surface area (TPSA) is 182 Å². The molecule has 272 valence electrons. The summed E-state index contributed by atoms with van der Waals surface area (Å²) in [6, 6.07) is 27.4. The van der Waals surface area contributed by atoms with E-state index in [0.717, 1.165) is 5.56 Å². The Labute approximate surface area is 302 Å². The molecular formula is C38H41N5O8S. The van der Waals surface area contributed by atoms with E-state index < -0.39 is 33.1 Å². The van der Waals surface area contributed by atoms with Crippen LogP contribution in [-0.4, -0.2) is 70.6 Å². The zero-order chi connectivity index (χ0) is 37.0. The van der Waals surface area contributed by atoms with Crippen LogP contribution in [0.3, 0.4) is 0 Å². The number of hydrogen-bond acceptors (Lipinski definition) is 10. The first-order valence-corrected chi connectivity index (χ1v) is 18.4. The van der Waals surface area contributed by atoms with Gasteiger partial charge in [-0.15, -0.1) is 0 Å². The highest BCUT2D eigenvalue weighted by molar-refractivity contribution is 7.91. The molecule has 2 N–H and O–H groups in total. The fraction of sp³-hybridized carbons (Fsp3) is 0.316. The van der Waals surface area contributed by atoms with Crippen LogP contribution in [0.1, 0.15) is 41.2 Å². The van der Waals surface area contributed by atoms with Gasteiger partial charge in [-0.05, 0) is 83.2 Å². The number of ether oxygens (including phenoxy) is 4. The van der Waals surface area contributed by atoms with E-state index in [0.29, 0.717) is 53.4 Å². The molecule has 1 amide bonds. The van der Waals surface area contributed by atoms with Crippen molar-refractivity contribution < 1.29 is 37.3 Å². The molecule has 0 radical (unpaired) electrons. The van der Waals surface area contributed by atoms with Gasteiger partial charge in [0.2, 0.25) is 5.90 Å². The molecule has 1 aliphatic heterocycles. The summed E-state index contributed by atoms with van der Waals surface area (Å²) in [5, 5.41) is 15.9. The van der Waals surface area contributed by atoms with Gasteiger partial charge >= 0.3 is 0 Å². The molecule has 0 spiro atoms. The van der Waals surface area contributed by atoms with Gasteiger partial charge in [0.15, 0.2) is 21.5 Å². The summed E-state index contributed by atoms with van der Waals surface area (Å²) in [5.74, 6) is 0.993. The highest BCUT2D eigenvalue weighted by Gasteiger charge is 2.54. The number of carbonyl (C=O) groups is 1. The fourth-order valence-electron chi connectivity index (χ4n) is 5.97. The molecule has 4 aromatic rings. The number of sulfone groups is 1. The van der Waals surface area contributed by atoms with Crippen LogP contribution >= 0.6 is 0 Å². The number of nitrogens with one attached hydrogen (secondary N) is 1. The van der Waals surface area contributed by atoms with Gasteiger partial charge in [0.1, 0.15) is 17.2 Å². The Bertz CT molecular complexity index is 2020. The zero-order valence-corrected chi connectivity index (χ0v) is 29.8. The Morgan fingerprint density at radius 1 is 0.981 bits per heavy atom. The molecule has 1 aliphatic rings. The van der Waals surface area contributed by atoms with Crippen molar-refractivity contribution in [2.24, 2.45) is 10.1 Å². The first-order valence-electron chi connectivity index (χ1n) is 16.7. The predicted octanol–water partition coefficient (Wildman–Crippen LogP) is 5.76. The van der Waals surface area contributed by atoms with Crippen molar-refractivity contribution in [1.29, 1.82) is 0 Å². The molecule has 2 atom stereocenters. The fourth-order valence-corrected chi connectivity index (χ4v) is 7.35. The Hall–Kier alpha value is -5.56. The lowest BCUT2D eigenvalue weighted by Gasteiger charge is -2.31. The number of benzene rings is 4. The van der Waals surface area contributed by atoms with Crippen LogP contribution in [0, 0.1) is 0 Å². The second-order valence-electron chi connectivity index (χ2n) is 11.9. The average Bonchev–Trinajstić information content (AvgIpc) is 3.57. The van der Waals surface area contributed by atoms with Gasteiger partial charge in [-0.1, -0.05) is 47.6 Å². The summed E-state index contributed by atoms with van der Waals surface area (Å²) >= 11 is 0. The molecular weight excluding hydrogens is 687 g/mol. The van der Waals surface area contributed by atoms with Gasteiger partial charge in [-0.25, -0.2) is 13.4 Å². The number of nitrogens with zero attached hydrogens (tertiary/aromatic N) is 4. The molecule has 4 aromatic carbocycles. The summed E-state index contributed by atoms with van der Waals surface area (Å²) in [6.45, 7) is 0.464. The standard InChI is InChI=1S/C38H41N5O8S/c1-48-31-17-18-34(49-2)28(25-31)19-21-40-37(45)38(20-24-52(46,47)32-10-4-3-5-11-32)35(33-12-7-6-9-29(33)26-41-43-39)51-36(42-38)27-13-15-30(16-14-27)50-23-8-22-44/h3-7,9-18,25,35,44H,8,19-24,26H2,1-2H3,(H,40,45)/t35-,38-/m1/s1. The smallest absolute Gasteiger partial charge is 0.252 e. The molecule has 0 fully saturated rings. The third-order valence-electron chi connectivity index (χ3n) is 8.69. The highest BCUT2D eigenvalue weighted by atomic mass is 32.2. The van der Waals surface area contributed by atoms with Crippen molar-refractivity contribution in [2.75, 3.05) is 39.7 Å². The molecule has 0 saturated heterocycles. The first kappa shape index (κ1) is 37.7. The van der Waals surface area contributed by atoms with Gasteiger partial charge in [-0.2, -0.15) is 0 Å². The number of rotatable bonds is 18. The third-order valence-corrected chi connectivity index (χ3v) is 10.4. The molecule has 0 aromatic heterocycles. The summed E-state index contributed by atoms with van der Waals surface area (Å²) in [5.41, 5.74) is 9.83. The summed E-state index contributed by atoms with van der Waals surface area (Å²) < 4.78 is 50.6. The number of aliphatic hydroxyl groups is 1. The molecule has 0 saturated carbocycles. The number of carbonyl (C=O) groups excluding carboxylic acids is 1. The van der Waals surface area contributed by atoms with Crippen LogP contribution in [0.5, 0.6) is 17.2 Å². The molecule has 0 bridgehead atoms. The van der Waals surface area contributed by atoms with Gasteiger partial charge in [0, 0.05) is 36.5 Å². The Balaban J connectivity index is 1.57. The molecule has 5 rings (SSSR count). The van der Waals surface area contributed by atoms with Crippen LogP contribution in [0.2, 0.25) is 0 Å². The van der Waals surface area contributed by atoms with Crippen LogP contribution in [0.4, 0.5) is 0 Å². The second-order valence-corrected chi connectivity index (χ2v) is 14.1. The van der Waals surface area contributed by atoms with Crippen LogP contribution in [-0.2, 0) is 32.3 Å². The summed E-state index contributed by atoms with van der Waals surface area (Å²) in [7, 11) is -0.741. The lowest BCUT2D eigenvalue weighted by molar-refractivity contribution is -0.129. The van der Waals surface area contributed by atoms with Crippen molar-refractivity contribution in [2.45, 2.75) is 42.3 Å². The van der Waals surface area contributed by atoms with E-state index >= 15 is 0 Å². The summed E-state index contributed by atoms with van der Waals surface area (Å²) in [6.07, 6.45) is -0.476. The highest BCUT2D eigenvalue weighted by Crippen LogP contribution is 2.44. The van der Waals surface area contributed by atoms with Gasteiger partial charge in [-0.3, -0.25) is 4.79 Å². The Morgan fingerprint density at radius 3 is 2.42 bits per heavy atom. The van der Waals surface area contributed by atoms with Crippen molar-refractivity contribution in [1.82, 2.24) is 5.32 Å². The number of hydrogen-bond donors (Lipinski definition) is 2. The lowest BCUT2D eigenvalue weighted by Crippen LogP contribution is -2.50. The third kappa shape index (κ3) is 8.83. The van der Waals surface area contributed by atoms with E-state index in [2.05, 4.69) is 15.3 Å². The molecule has 14 heteroatoms. The van der Waals surface area contributed by atoms with E-state index in [1.54, 1.807) is 93.1 Å². The minimum Gasteiger partial charge on any atom is -0.497 e. The number of aliphatic hydroxyl groups excluding tert-OH is 1. The van der Waals surface area contributed by atoms with Gasteiger partial charge < -0.3 is 29.4 Å². The number of aliphatic imine (C=N–C) groups is 1. The van der Waals surface area contributed by atoms with Crippen LogP contribution in [0.25, 0.3) is 10.4 Å². The molecule has 13 nitrogen and oxygen atoms in total. The van der Waals surface area contributed by atoms with Crippen molar-refractivity contribution in [3.63, 3.8) is 0 Å².